The number of carboxylic acid groups (broad SMARTS) is 1. The quantitative estimate of drug-likeness (QED) is 0.400. The topological polar surface area (TPSA) is 54.4 Å². The van der Waals surface area contributed by atoms with Crippen LogP contribution in [0, 0.1) is 39.9 Å². The number of rotatable bonds is 7. The van der Waals surface area contributed by atoms with Crippen LogP contribution in [0.2, 0.25) is 0 Å². The van der Waals surface area contributed by atoms with E-state index in [0.717, 1.165) is 38.5 Å². The maximum atomic E-state index is 12.8. The second kappa shape index (κ2) is 9.19. The van der Waals surface area contributed by atoms with Gasteiger partial charge in [0.1, 0.15) is 5.78 Å². The average Bonchev–Trinajstić information content (AvgIpc) is 2.71. The van der Waals surface area contributed by atoms with E-state index in [1.807, 2.05) is 0 Å². The fourth-order valence-corrected chi connectivity index (χ4v) is 8.37. The Hall–Kier alpha value is -1.64. The van der Waals surface area contributed by atoms with E-state index in [1.54, 1.807) is 0 Å². The highest BCUT2D eigenvalue weighted by atomic mass is 16.4. The van der Waals surface area contributed by atoms with Gasteiger partial charge in [-0.25, -0.2) is 0 Å². The lowest BCUT2D eigenvalue weighted by atomic mass is 9.46. The van der Waals surface area contributed by atoms with Crippen LogP contribution in [0.5, 0.6) is 0 Å². The highest BCUT2D eigenvalue weighted by molar-refractivity contribution is 5.85. The molecule has 1 N–H and O–H groups in total. The van der Waals surface area contributed by atoms with Gasteiger partial charge < -0.3 is 5.11 Å². The minimum atomic E-state index is -0.715. The molecule has 3 aliphatic rings. The molecule has 0 aromatic rings. The van der Waals surface area contributed by atoms with Crippen LogP contribution in [0.4, 0.5) is 0 Å². The number of fused-ring (bicyclic) bond motifs is 1. The van der Waals surface area contributed by atoms with Crippen LogP contribution in [0.15, 0.2) is 36.0 Å². The minimum Gasteiger partial charge on any atom is -0.481 e. The van der Waals surface area contributed by atoms with Crippen molar-refractivity contribution < 1.29 is 14.7 Å². The van der Waals surface area contributed by atoms with Crippen molar-refractivity contribution in [3.63, 3.8) is 0 Å². The van der Waals surface area contributed by atoms with E-state index < -0.39 is 5.97 Å². The normalized spacial score (nSPS) is 38.4. The van der Waals surface area contributed by atoms with Crippen LogP contribution < -0.4 is 0 Å². The van der Waals surface area contributed by atoms with Crippen LogP contribution in [-0.4, -0.2) is 16.9 Å². The lowest BCUT2D eigenvalue weighted by molar-refractivity contribution is -0.145. The van der Waals surface area contributed by atoms with E-state index in [-0.39, 0.29) is 22.7 Å². The Morgan fingerprint density at radius 1 is 1.15 bits per heavy atom. The van der Waals surface area contributed by atoms with Gasteiger partial charge in [-0.2, -0.15) is 0 Å². The molecule has 184 valence electrons. The van der Waals surface area contributed by atoms with E-state index in [4.69, 9.17) is 0 Å². The molecule has 0 aliphatic heterocycles. The monoisotopic (exact) mass is 454 g/mol. The predicted molar refractivity (Wildman–Crippen MR) is 136 cm³/mol. The van der Waals surface area contributed by atoms with Crippen molar-refractivity contribution in [3.05, 3.63) is 36.0 Å². The number of ketones is 1. The van der Waals surface area contributed by atoms with Gasteiger partial charge in [-0.15, -0.1) is 0 Å². The first kappa shape index (κ1) is 26.0. The Morgan fingerprint density at radius 3 is 2.39 bits per heavy atom. The highest BCUT2D eigenvalue weighted by Crippen LogP contribution is 2.62. The van der Waals surface area contributed by atoms with Crippen molar-refractivity contribution in [2.75, 3.05) is 0 Å². The third kappa shape index (κ3) is 4.54. The second-order valence-electron chi connectivity index (χ2n) is 12.6. The fourth-order valence-electron chi connectivity index (χ4n) is 8.37. The number of carboxylic acids is 1. The molecule has 0 heterocycles. The number of aliphatic carboxylic acids is 1. The van der Waals surface area contributed by atoms with Gasteiger partial charge in [0.25, 0.3) is 0 Å². The van der Waals surface area contributed by atoms with Gasteiger partial charge in [0, 0.05) is 18.3 Å². The number of carbonyl (C=O) groups is 2. The molecule has 6 atom stereocenters. The van der Waals surface area contributed by atoms with Gasteiger partial charge in [-0.05, 0) is 93.3 Å². The lowest BCUT2D eigenvalue weighted by Gasteiger charge is -2.57. The van der Waals surface area contributed by atoms with E-state index in [2.05, 4.69) is 60.8 Å². The summed E-state index contributed by atoms with van der Waals surface area (Å²) in [5.41, 5.74) is 3.69. The maximum absolute atomic E-state index is 12.8. The standard InChI is InChI=1S/C30H46O3/c1-19(2)22-11-9-20(3)23(29(22,7)18-16-27(32)33)12-13-24-21(4)10-14-25-28(5,6)26(31)15-17-30(24,25)8/h9,22-25H,1,4,10-18H2,2-3,5-8H3,(H,32,33). The second-order valence-corrected chi connectivity index (χ2v) is 12.6. The molecule has 3 rings (SSSR count). The predicted octanol–water partition coefficient (Wildman–Crippen LogP) is 7.77. The Kier molecular flexibility index (Phi) is 7.23. The van der Waals surface area contributed by atoms with Crippen molar-refractivity contribution in [2.24, 2.45) is 39.9 Å². The average molecular weight is 455 g/mol. The smallest absolute Gasteiger partial charge is 0.303 e. The lowest BCUT2D eigenvalue weighted by Crippen LogP contribution is -2.53. The van der Waals surface area contributed by atoms with Crippen molar-refractivity contribution in [1.82, 2.24) is 0 Å². The summed E-state index contributed by atoms with van der Waals surface area (Å²) < 4.78 is 0. The molecular formula is C30H46O3. The Labute approximate surface area is 201 Å². The molecule has 0 amide bonds. The van der Waals surface area contributed by atoms with Gasteiger partial charge in [-0.1, -0.05) is 63.6 Å². The Balaban J connectivity index is 1.89. The van der Waals surface area contributed by atoms with Crippen LogP contribution in [-0.2, 0) is 9.59 Å². The van der Waals surface area contributed by atoms with Crippen molar-refractivity contribution in [3.8, 4) is 0 Å². The van der Waals surface area contributed by atoms with Crippen molar-refractivity contribution >= 4 is 11.8 Å². The third-order valence-electron chi connectivity index (χ3n) is 10.4. The number of Topliss-reactive ketones (excluding diaryl/α,β-unsaturated/α-hetero) is 1. The first-order valence-corrected chi connectivity index (χ1v) is 13.0. The van der Waals surface area contributed by atoms with Gasteiger partial charge in [0.15, 0.2) is 0 Å². The van der Waals surface area contributed by atoms with Crippen LogP contribution >= 0.6 is 0 Å². The molecule has 33 heavy (non-hydrogen) atoms. The zero-order valence-electron chi connectivity index (χ0n) is 21.9. The number of carbonyl (C=O) groups excluding carboxylic acids is 1. The number of allylic oxidation sites excluding steroid dienone is 4. The Morgan fingerprint density at radius 2 is 1.79 bits per heavy atom. The molecule has 0 aromatic carbocycles. The zero-order valence-corrected chi connectivity index (χ0v) is 21.9. The van der Waals surface area contributed by atoms with Gasteiger partial charge in [0.2, 0.25) is 0 Å². The summed E-state index contributed by atoms with van der Waals surface area (Å²) in [6.07, 6.45) is 10.1. The molecule has 0 aromatic heterocycles. The maximum Gasteiger partial charge on any atom is 0.303 e. The summed E-state index contributed by atoms with van der Waals surface area (Å²) in [6.45, 7) is 22.2. The molecule has 2 fully saturated rings. The summed E-state index contributed by atoms with van der Waals surface area (Å²) in [4.78, 5) is 24.3. The largest absolute Gasteiger partial charge is 0.481 e. The van der Waals surface area contributed by atoms with Gasteiger partial charge in [0.05, 0.1) is 0 Å². The summed E-state index contributed by atoms with van der Waals surface area (Å²) in [6, 6.07) is 0. The van der Waals surface area contributed by atoms with Gasteiger partial charge >= 0.3 is 5.97 Å². The van der Waals surface area contributed by atoms with Crippen molar-refractivity contribution in [2.45, 2.75) is 99.3 Å². The van der Waals surface area contributed by atoms with E-state index in [1.165, 1.54) is 16.7 Å². The first-order chi connectivity index (χ1) is 15.2. The number of hydrogen-bond donors (Lipinski definition) is 1. The zero-order chi connectivity index (χ0) is 24.8. The summed E-state index contributed by atoms with van der Waals surface area (Å²) in [5, 5.41) is 9.46. The van der Waals surface area contributed by atoms with Crippen LogP contribution in [0.1, 0.15) is 99.3 Å². The fraction of sp³-hybridized carbons (Fsp3) is 0.733. The minimum absolute atomic E-state index is 0.0961. The Bertz CT molecular complexity index is 862. The molecule has 0 bridgehead atoms. The summed E-state index contributed by atoms with van der Waals surface area (Å²) in [5.74, 6) is 1.20. The molecule has 3 nitrogen and oxygen atoms in total. The van der Waals surface area contributed by atoms with Crippen LogP contribution in [0.3, 0.4) is 0 Å². The molecule has 0 spiro atoms. The first-order valence-electron chi connectivity index (χ1n) is 13.0. The summed E-state index contributed by atoms with van der Waals surface area (Å²) >= 11 is 0. The highest BCUT2D eigenvalue weighted by Gasteiger charge is 2.56. The molecule has 3 aliphatic carbocycles. The van der Waals surface area contributed by atoms with Gasteiger partial charge in [-0.3, -0.25) is 9.59 Å². The summed E-state index contributed by atoms with van der Waals surface area (Å²) in [7, 11) is 0. The molecule has 2 saturated carbocycles. The van der Waals surface area contributed by atoms with Crippen LogP contribution in [0.25, 0.3) is 0 Å². The van der Waals surface area contributed by atoms with E-state index in [0.29, 0.717) is 42.3 Å². The molecule has 3 heteroatoms. The SMILES string of the molecule is C=C(C)C1CC=C(C)C(CCC2C(=C)CCC3C(C)(C)C(=O)CCC23C)C1(C)CCC(=O)O. The molecule has 0 radical (unpaired) electrons. The van der Waals surface area contributed by atoms with E-state index >= 15 is 0 Å². The number of hydrogen-bond acceptors (Lipinski definition) is 2. The van der Waals surface area contributed by atoms with Crippen molar-refractivity contribution in [1.29, 1.82) is 0 Å². The molecule has 0 saturated heterocycles. The molecule has 6 unspecified atom stereocenters. The van der Waals surface area contributed by atoms with E-state index in [9.17, 15) is 14.7 Å². The molecular weight excluding hydrogens is 408 g/mol. The third-order valence-corrected chi connectivity index (χ3v) is 10.4.